The van der Waals surface area contributed by atoms with Crippen molar-refractivity contribution in [3.8, 4) is 0 Å². The number of nitrogens with zero attached hydrogens (tertiary/aromatic N) is 3. The smallest absolute Gasteiger partial charge is 0.316 e. The summed E-state index contributed by atoms with van der Waals surface area (Å²) in [5.74, 6) is 0.374. The minimum absolute atomic E-state index is 0.0341. The van der Waals surface area contributed by atoms with Crippen LogP contribution in [0.15, 0.2) is 32.7 Å². The number of piperidine rings is 1. The molecule has 0 spiro atoms. The molecule has 1 saturated heterocycles. The number of rotatable bonds is 4. The summed E-state index contributed by atoms with van der Waals surface area (Å²) in [5, 5.41) is 0. The van der Waals surface area contributed by atoms with Crippen molar-refractivity contribution in [3.63, 3.8) is 0 Å². The van der Waals surface area contributed by atoms with E-state index in [0.29, 0.717) is 36.0 Å². The third-order valence-corrected chi connectivity index (χ3v) is 7.34. The molecule has 1 aliphatic heterocycles. The van der Waals surface area contributed by atoms with Crippen molar-refractivity contribution in [1.29, 1.82) is 0 Å². The molecule has 9 heteroatoms. The monoisotopic (exact) mass is 421 g/mol. The molecule has 1 fully saturated rings. The van der Waals surface area contributed by atoms with Gasteiger partial charge in [0.15, 0.2) is 9.84 Å². The minimum atomic E-state index is -3.72. The van der Waals surface area contributed by atoms with E-state index < -0.39 is 21.0 Å². The maximum atomic E-state index is 12.8. The maximum absolute atomic E-state index is 12.8. The fourth-order valence-electron chi connectivity index (χ4n) is 4.12. The second-order valence-electron chi connectivity index (χ2n) is 8.19. The summed E-state index contributed by atoms with van der Waals surface area (Å²) in [6, 6.07) is 4.32. The maximum Gasteiger partial charge on any atom is 0.316 e. The molecule has 3 rings (SSSR count). The standard InChI is InChI=1S/C20H27N3O5S/c1-13-9-14(2)12-23(11-13)18(24)7-8-29(27,28)15-5-6-16-17(10-15)22(4)20(26)19(25)21(16)3/h5-6,10,13-14H,7-9,11-12H2,1-4H3/t13-,14+. The van der Waals surface area contributed by atoms with Gasteiger partial charge in [0.05, 0.1) is 21.7 Å². The van der Waals surface area contributed by atoms with E-state index in [4.69, 9.17) is 0 Å². The van der Waals surface area contributed by atoms with Gasteiger partial charge in [0.25, 0.3) is 0 Å². The van der Waals surface area contributed by atoms with Crippen LogP contribution < -0.4 is 11.1 Å². The Balaban J connectivity index is 1.84. The zero-order chi connectivity index (χ0) is 21.5. The number of benzene rings is 1. The molecular formula is C20H27N3O5S. The van der Waals surface area contributed by atoms with Crippen LogP contribution in [-0.2, 0) is 28.7 Å². The topological polar surface area (TPSA) is 98.5 Å². The molecule has 2 aromatic rings. The summed E-state index contributed by atoms with van der Waals surface area (Å²) >= 11 is 0. The first-order chi connectivity index (χ1) is 13.5. The van der Waals surface area contributed by atoms with Crippen molar-refractivity contribution in [3.05, 3.63) is 38.9 Å². The molecule has 1 aromatic carbocycles. The Morgan fingerprint density at radius 3 is 2.14 bits per heavy atom. The van der Waals surface area contributed by atoms with E-state index in [9.17, 15) is 22.8 Å². The molecule has 0 saturated carbocycles. The molecule has 0 unspecified atom stereocenters. The molecule has 2 atom stereocenters. The van der Waals surface area contributed by atoms with Crippen LogP contribution in [0.5, 0.6) is 0 Å². The molecule has 8 nitrogen and oxygen atoms in total. The Morgan fingerprint density at radius 2 is 1.55 bits per heavy atom. The molecule has 1 aliphatic rings. The lowest BCUT2D eigenvalue weighted by molar-refractivity contribution is -0.133. The molecular weight excluding hydrogens is 394 g/mol. The van der Waals surface area contributed by atoms with Crippen LogP contribution in [0.3, 0.4) is 0 Å². The van der Waals surface area contributed by atoms with Gasteiger partial charge in [-0.25, -0.2) is 8.42 Å². The lowest BCUT2D eigenvalue weighted by Gasteiger charge is -2.35. The van der Waals surface area contributed by atoms with Gasteiger partial charge in [-0.05, 0) is 36.5 Å². The van der Waals surface area contributed by atoms with E-state index in [1.165, 1.54) is 36.9 Å². The lowest BCUT2D eigenvalue weighted by atomic mass is 9.92. The summed E-state index contributed by atoms with van der Waals surface area (Å²) < 4.78 is 28.0. The normalized spacial score (nSPS) is 20.2. The molecule has 29 heavy (non-hydrogen) atoms. The number of likely N-dealkylation sites (tertiary alicyclic amines) is 1. The molecule has 158 valence electrons. The number of sulfone groups is 1. The molecule has 0 N–H and O–H groups in total. The summed E-state index contributed by atoms with van der Waals surface area (Å²) in [4.78, 5) is 38.3. The first-order valence-electron chi connectivity index (χ1n) is 9.71. The lowest BCUT2D eigenvalue weighted by Crippen LogP contribution is -2.43. The van der Waals surface area contributed by atoms with Crippen molar-refractivity contribution in [2.75, 3.05) is 18.8 Å². The Labute approximate surface area is 169 Å². The van der Waals surface area contributed by atoms with Gasteiger partial charge in [0.1, 0.15) is 0 Å². The van der Waals surface area contributed by atoms with Gasteiger partial charge in [-0.1, -0.05) is 13.8 Å². The Bertz CT molecular complexity index is 1170. The van der Waals surface area contributed by atoms with E-state index in [1.54, 1.807) is 4.90 Å². The van der Waals surface area contributed by atoms with Gasteiger partial charge < -0.3 is 14.0 Å². The van der Waals surface area contributed by atoms with Crippen LogP contribution in [0.2, 0.25) is 0 Å². The highest BCUT2D eigenvalue weighted by Crippen LogP contribution is 2.22. The molecule has 1 amide bonds. The highest BCUT2D eigenvalue weighted by Gasteiger charge is 2.27. The Morgan fingerprint density at radius 1 is 1.00 bits per heavy atom. The van der Waals surface area contributed by atoms with E-state index in [0.717, 1.165) is 11.0 Å². The molecule has 1 aromatic heterocycles. The number of aryl methyl sites for hydroxylation is 2. The second kappa shape index (κ2) is 7.78. The highest BCUT2D eigenvalue weighted by molar-refractivity contribution is 7.91. The van der Waals surface area contributed by atoms with E-state index in [2.05, 4.69) is 13.8 Å². The predicted molar refractivity (Wildman–Crippen MR) is 111 cm³/mol. The van der Waals surface area contributed by atoms with Crippen LogP contribution in [0, 0.1) is 11.8 Å². The Hall–Kier alpha value is -2.42. The number of carbonyl (C=O) groups is 1. The zero-order valence-electron chi connectivity index (χ0n) is 17.2. The van der Waals surface area contributed by atoms with Gasteiger partial charge in [-0.15, -0.1) is 0 Å². The van der Waals surface area contributed by atoms with E-state index in [-0.39, 0.29) is 23.0 Å². The van der Waals surface area contributed by atoms with Gasteiger partial charge in [0, 0.05) is 33.6 Å². The van der Waals surface area contributed by atoms with Gasteiger partial charge >= 0.3 is 11.1 Å². The minimum Gasteiger partial charge on any atom is -0.342 e. The zero-order valence-corrected chi connectivity index (χ0v) is 18.0. The summed E-state index contributed by atoms with van der Waals surface area (Å²) in [5.41, 5.74) is -0.587. The third-order valence-electron chi connectivity index (χ3n) is 5.63. The second-order valence-corrected chi connectivity index (χ2v) is 10.3. The fourth-order valence-corrected chi connectivity index (χ4v) is 5.36. The average molecular weight is 422 g/mol. The molecule has 0 radical (unpaired) electrons. The number of aromatic nitrogens is 2. The first-order valence-corrected chi connectivity index (χ1v) is 11.4. The number of fused-ring (bicyclic) bond motifs is 1. The van der Waals surface area contributed by atoms with E-state index >= 15 is 0 Å². The van der Waals surface area contributed by atoms with Crippen LogP contribution in [0.1, 0.15) is 26.7 Å². The number of carbonyl (C=O) groups excluding carboxylic acids is 1. The van der Waals surface area contributed by atoms with Crippen LogP contribution >= 0.6 is 0 Å². The van der Waals surface area contributed by atoms with Crippen LogP contribution in [0.25, 0.3) is 11.0 Å². The van der Waals surface area contributed by atoms with Crippen LogP contribution in [-0.4, -0.2) is 47.2 Å². The van der Waals surface area contributed by atoms with Crippen molar-refractivity contribution >= 4 is 26.8 Å². The number of hydrogen-bond acceptors (Lipinski definition) is 5. The molecule has 0 bridgehead atoms. The predicted octanol–water partition coefficient (Wildman–Crippen LogP) is 0.906. The molecule has 2 heterocycles. The van der Waals surface area contributed by atoms with Gasteiger partial charge in [0.2, 0.25) is 5.91 Å². The SMILES string of the molecule is C[C@@H]1C[C@H](C)CN(C(=O)CCS(=O)(=O)c2ccc3c(c2)n(C)c(=O)c(=O)n3C)C1. The van der Waals surface area contributed by atoms with Gasteiger partial charge in [-0.2, -0.15) is 0 Å². The highest BCUT2D eigenvalue weighted by atomic mass is 32.2. The van der Waals surface area contributed by atoms with Crippen molar-refractivity contribution in [2.45, 2.75) is 31.6 Å². The number of amides is 1. The fraction of sp³-hybridized carbons (Fsp3) is 0.550. The molecule has 0 aliphatic carbocycles. The van der Waals surface area contributed by atoms with Crippen LogP contribution in [0.4, 0.5) is 0 Å². The van der Waals surface area contributed by atoms with Gasteiger partial charge in [-0.3, -0.25) is 14.4 Å². The largest absolute Gasteiger partial charge is 0.342 e. The quantitative estimate of drug-likeness (QED) is 0.684. The third kappa shape index (κ3) is 4.14. The summed E-state index contributed by atoms with van der Waals surface area (Å²) in [6.07, 6.45) is 0.992. The Kier molecular flexibility index (Phi) is 5.71. The van der Waals surface area contributed by atoms with Crippen molar-refractivity contribution in [2.24, 2.45) is 25.9 Å². The summed E-state index contributed by atoms with van der Waals surface area (Å²) in [6.45, 7) is 5.52. The van der Waals surface area contributed by atoms with E-state index in [1.807, 2.05) is 0 Å². The first kappa shape index (κ1) is 21.3. The van der Waals surface area contributed by atoms with Crippen molar-refractivity contribution in [1.82, 2.24) is 14.0 Å². The average Bonchev–Trinajstić information content (AvgIpc) is 2.67. The van der Waals surface area contributed by atoms with Crippen molar-refractivity contribution < 1.29 is 13.2 Å². The number of hydrogen-bond donors (Lipinski definition) is 0. The summed E-state index contributed by atoms with van der Waals surface area (Å²) in [7, 11) is -0.808.